The van der Waals surface area contributed by atoms with Gasteiger partial charge < -0.3 is 0 Å². The lowest BCUT2D eigenvalue weighted by atomic mass is 10.0. The second kappa shape index (κ2) is 5.45. The number of hydrogen-bond donors (Lipinski definition) is 0. The second-order valence-electron chi connectivity index (χ2n) is 3.96. The Morgan fingerprint density at radius 3 is 2.42 bits per heavy atom. The number of Topliss-reactive ketones (excluding diaryl/α,β-unsaturated/α-hetero) is 1. The molecular weight excluding hydrogens is 277 g/mol. The topological polar surface area (TPSA) is 17.1 Å². The molecule has 98 valence electrons. The minimum Gasteiger partial charge on any atom is -0.294 e. The van der Waals surface area contributed by atoms with Crippen LogP contribution in [0.1, 0.15) is 15.9 Å². The lowest BCUT2D eigenvalue weighted by molar-refractivity contribution is 0.0988. The first-order chi connectivity index (χ1) is 8.97. The van der Waals surface area contributed by atoms with E-state index in [-0.39, 0.29) is 22.6 Å². The SMILES string of the molecule is O=C(Cc1cc(Cl)ccc1F)c1ccc(F)cc1F. The highest BCUT2D eigenvalue weighted by Crippen LogP contribution is 2.18. The van der Waals surface area contributed by atoms with Crippen LogP contribution in [0, 0.1) is 17.5 Å². The number of hydrogen-bond acceptors (Lipinski definition) is 1. The van der Waals surface area contributed by atoms with Crippen LogP contribution in [0.25, 0.3) is 0 Å². The van der Waals surface area contributed by atoms with Crippen LogP contribution in [0.5, 0.6) is 0 Å². The fourth-order valence-corrected chi connectivity index (χ4v) is 1.86. The third-order valence-corrected chi connectivity index (χ3v) is 2.83. The van der Waals surface area contributed by atoms with Gasteiger partial charge in [0.25, 0.3) is 0 Å². The zero-order valence-electron chi connectivity index (χ0n) is 9.59. The summed E-state index contributed by atoms with van der Waals surface area (Å²) in [5, 5.41) is 0.281. The molecule has 0 aromatic heterocycles. The molecule has 0 radical (unpaired) electrons. The molecule has 0 unspecified atom stereocenters. The van der Waals surface area contributed by atoms with E-state index in [2.05, 4.69) is 0 Å². The highest BCUT2D eigenvalue weighted by Gasteiger charge is 2.15. The molecule has 0 atom stereocenters. The predicted octanol–water partition coefficient (Wildman–Crippen LogP) is 4.18. The smallest absolute Gasteiger partial charge is 0.170 e. The molecule has 2 aromatic rings. The molecule has 0 heterocycles. The Kier molecular flexibility index (Phi) is 3.90. The summed E-state index contributed by atoms with van der Waals surface area (Å²) in [6, 6.07) is 6.41. The van der Waals surface area contributed by atoms with Crippen LogP contribution in [-0.2, 0) is 6.42 Å². The van der Waals surface area contributed by atoms with Crippen LogP contribution in [-0.4, -0.2) is 5.78 Å². The van der Waals surface area contributed by atoms with Gasteiger partial charge >= 0.3 is 0 Å². The van der Waals surface area contributed by atoms with E-state index in [0.717, 1.165) is 18.2 Å². The van der Waals surface area contributed by atoms with Gasteiger partial charge in [-0.15, -0.1) is 0 Å². The number of carbonyl (C=O) groups excluding carboxylic acids is 1. The average molecular weight is 285 g/mol. The maximum absolute atomic E-state index is 13.4. The van der Waals surface area contributed by atoms with Crippen LogP contribution in [0.2, 0.25) is 5.02 Å². The molecule has 0 aliphatic heterocycles. The van der Waals surface area contributed by atoms with E-state index in [9.17, 15) is 18.0 Å². The van der Waals surface area contributed by atoms with Crippen LogP contribution >= 0.6 is 11.6 Å². The number of ketones is 1. The fourth-order valence-electron chi connectivity index (χ4n) is 1.66. The van der Waals surface area contributed by atoms with Gasteiger partial charge in [0, 0.05) is 17.5 Å². The Hall–Kier alpha value is -1.81. The lowest BCUT2D eigenvalue weighted by Crippen LogP contribution is -2.08. The molecule has 2 rings (SSSR count). The Labute approximate surface area is 112 Å². The van der Waals surface area contributed by atoms with E-state index in [1.165, 1.54) is 12.1 Å². The minimum atomic E-state index is -0.965. The van der Waals surface area contributed by atoms with Gasteiger partial charge in [-0.3, -0.25) is 4.79 Å². The van der Waals surface area contributed by atoms with Gasteiger partial charge in [0.05, 0.1) is 5.56 Å². The summed E-state index contributed by atoms with van der Waals surface area (Å²) < 4.78 is 39.6. The zero-order chi connectivity index (χ0) is 14.0. The molecule has 0 fully saturated rings. The number of benzene rings is 2. The summed E-state index contributed by atoms with van der Waals surface area (Å²) in [6.45, 7) is 0. The molecule has 2 aromatic carbocycles. The van der Waals surface area contributed by atoms with Gasteiger partial charge in [-0.2, -0.15) is 0 Å². The molecule has 0 saturated heterocycles. The van der Waals surface area contributed by atoms with Crippen molar-refractivity contribution in [1.82, 2.24) is 0 Å². The van der Waals surface area contributed by atoms with Crippen LogP contribution in [0.3, 0.4) is 0 Å². The van der Waals surface area contributed by atoms with Crippen LogP contribution in [0.4, 0.5) is 13.2 Å². The third-order valence-electron chi connectivity index (χ3n) is 2.59. The maximum atomic E-state index is 13.4. The summed E-state index contributed by atoms with van der Waals surface area (Å²) in [6.07, 6.45) is -0.338. The normalized spacial score (nSPS) is 10.5. The first kappa shape index (κ1) is 13.6. The molecule has 0 N–H and O–H groups in total. The molecule has 1 nitrogen and oxygen atoms in total. The van der Waals surface area contributed by atoms with E-state index in [1.807, 2.05) is 0 Å². The van der Waals surface area contributed by atoms with Gasteiger partial charge in [0.1, 0.15) is 17.5 Å². The van der Waals surface area contributed by atoms with Crippen molar-refractivity contribution in [3.63, 3.8) is 0 Å². The van der Waals surface area contributed by atoms with E-state index in [0.29, 0.717) is 6.07 Å². The predicted molar refractivity (Wildman–Crippen MR) is 65.8 cm³/mol. The van der Waals surface area contributed by atoms with Crippen LogP contribution in [0.15, 0.2) is 36.4 Å². The fraction of sp³-hybridized carbons (Fsp3) is 0.0714. The molecule has 0 bridgehead atoms. The van der Waals surface area contributed by atoms with E-state index in [4.69, 9.17) is 11.6 Å². The van der Waals surface area contributed by atoms with Crippen molar-refractivity contribution >= 4 is 17.4 Å². The second-order valence-corrected chi connectivity index (χ2v) is 4.40. The molecule has 19 heavy (non-hydrogen) atoms. The van der Waals surface area contributed by atoms with Crippen molar-refractivity contribution in [2.24, 2.45) is 0 Å². The van der Waals surface area contributed by atoms with Gasteiger partial charge in [-0.1, -0.05) is 11.6 Å². The van der Waals surface area contributed by atoms with Crippen LogP contribution < -0.4 is 0 Å². The summed E-state index contributed by atoms with van der Waals surface area (Å²) in [5.41, 5.74) is -0.206. The van der Waals surface area contributed by atoms with Crippen molar-refractivity contribution in [2.45, 2.75) is 6.42 Å². The van der Waals surface area contributed by atoms with Crippen molar-refractivity contribution < 1.29 is 18.0 Å². The molecule has 0 saturated carbocycles. The summed E-state index contributed by atoms with van der Waals surface area (Å²) in [4.78, 5) is 11.8. The lowest BCUT2D eigenvalue weighted by Gasteiger charge is -2.05. The Morgan fingerprint density at radius 2 is 1.74 bits per heavy atom. The summed E-state index contributed by atoms with van der Waals surface area (Å²) >= 11 is 5.70. The Morgan fingerprint density at radius 1 is 1.00 bits per heavy atom. The number of rotatable bonds is 3. The number of halogens is 4. The number of carbonyl (C=O) groups is 1. The summed E-state index contributed by atoms with van der Waals surface area (Å²) in [7, 11) is 0. The van der Waals surface area contributed by atoms with Crippen molar-refractivity contribution in [1.29, 1.82) is 0 Å². The minimum absolute atomic E-state index is 0.0706. The molecule has 0 aliphatic rings. The quantitative estimate of drug-likeness (QED) is 0.773. The van der Waals surface area contributed by atoms with Gasteiger partial charge in [0.15, 0.2) is 5.78 Å². The standard InChI is InChI=1S/C14H8ClF3O/c15-9-1-4-12(17)8(5-9)6-14(19)11-3-2-10(16)7-13(11)18/h1-5,7H,6H2. The van der Waals surface area contributed by atoms with Crippen molar-refractivity contribution in [2.75, 3.05) is 0 Å². The molecular formula is C14H8ClF3O. The molecule has 0 aliphatic carbocycles. The van der Waals surface area contributed by atoms with E-state index < -0.39 is 23.2 Å². The van der Waals surface area contributed by atoms with Gasteiger partial charge in [-0.25, -0.2) is 13.2 Å². The molecule has 0 spiro atoms. The maximum Gasteiger partial charge on any atom is 0.170 e. The van der Waals surface area contributed by atoms with Gasteiger partial charge in [-0.05, 0) is 35.9 Å². The monoisotopic (exact) mass is 284 g/mol. The highest BCUT2D eigenvalue weighted by molar-refractivity contribution is 6.30. The Balaban J connectivity index is 2.28. The van der Waals surface area contributed by atoms with E-state index in [1.54, 1.807) is 0 Å². The summed E-state index contributed by atoms with van der Waals surface area (Å²) in [5.74, 6) is -2.98. The largest absolute Gasteiger partial charge is 0.294 e. The van der Waals surface area contributed by atoms with Crippen molar-refractivity contribution in [3.05, 3.63) is 70.0 Å². The Bertz CT molecular complexity index is 641. The first-order valence-electron chi connectivity index (χ1n) is 5.39. The highest BCUT2D eigenvalue weighted by atomic mass is 35.5. The van der Waals surface area contributed by atoms with E-state index >= 15 is 0 Å². The molecule has 0 amide bonds. The third kappa shape index (κ3) is 3.15. The molecule has 5 heteroatoms. The van der Waals surface area contributed by atoms with Crippen molar-refractivity contribution in [3.8, 4) is 0 Å². The van der Waals surface area contributed by atoms with Gasteiger partial charge in [0.2, 0.25) is 0 Å². The first-order valence-corrected chi connectivity index (χ1v) is 5.77. The average Bonchev–Trinajstić information content (AvgIpc) is 2.33. The zero-order valence-corrected chi connectivity index (χ0v) is 10.3.